The maximum Gasteiger partial charge on any atom is 0.508 e. The normalized spacial score (nSPS) is 11.4. The lowest BCUT2D eigenvalue weighted by atomic mass is 10.1. The number of rotatable bonds is 6. The lowest BCUT2D eigenvalue weighted by Gasteiger charge is -2.07. The molecule has 2 rings (SSSR count). The number of carbonyl (C=O) groups is 1. The molecule has 0 unspecified atom stereocenters. The van der Waals surface area contributed by atoms with Crippen molar-refractivity contribution in [1.29, 1.82) is 0 Å². The van der Waals surface area contributed by atoms with Gasteiger partial charge in [-0.3, -0.25) is 4.57 Å². The van der Waals surface area contributed by atoms with Crippen molar-refractivity contribution in [3.63, 3.8) is 0 Å². The second kappa shape index (κ2) is 7.40. The second-order valence-corrected chi connectivity index (χ2v) is 6.59. The van der Waals surface area contributed by atoms with Gasteiger partial charge in [-0.25, -0.2) is 4.79 Å². The molecule has 0 saturated carbocycles. The van der Waals surface area contributed by atoms with E-state index in [2.05, 4.69) is 0 Å². The van der Waals surface area contributed by atoms with Gasteiger partial charge in [0, 0.05) is 0 Å². The lowest BCUT2D eigenvalue weighted by Crippen LogP contribution is -2.09. The second-order valence-electron chi connectivity index (χ2n) is 4.81. The Kier molecular flexibility index (Phi) is 5.55. The van der Waals surface area contributed by atoms with E-state index in [0.29, 0.717) is 0 Å². The minimum Gasteiger partial charge on any atom is -0.434 e. The third-order valence-corrected chi connectivity index (χ3v) is 3.88. The molecule has 0 bridgehead atoms. The number of carbonyl (C=O) groups excluding carboxylic acids is 1. The first-order chi connectivity index (χ1) is 10.4. The van der Waals surface area contributed by atoms with Crippen molar-refractivity contribution in [2.45, 2.75) is 13.0 Å². The van der Waals surface area contributed by atoms with E-state index < -0.39 is 13.8 Å². The Morgan fingerprint density at radius 1 is 1.05 bits per heavy atom. The minimum absolute atomic E-state index is 0.0817. The van der Waals surface area contributed by atoms with Gasteiger partial charge in [0.15, 0.2) is 0 Å². The molecule has 6 nitrogen and oxygen atoms in total. The first kappa shape index (κ1) is 16.5. The van der Waals surface area contributed by atoms with E-state index in [4.69, 9.17) is 19.3 Å². The Labute approximate surface area is 127 Å². The molecule has 0 atom stereocenters. The van der Waals surface area contributed by atoms with Gasteiger partial charge in [-0.05, 0) is 28.8 Å². The van der Waals surface area contributed by atoms with Crippen LogP contribution < -0.4 is 0 Å². The summed E-state index contributed by atoms with van der Waals surface area (Å²) in [5.41, 5.74) is 0.839. The third-order valence-electron chi connectivity index (χ3n) is 2.98. The Morgan fingerprint density at radius 2 is 1.77 bits per heavy atom. The summed E-state index contributed by atoms with van der Waals surface area (Å²) in [6.45, 7) is 0.00379. The van der Waals surface area contributed by atoms with Gasteiger partial charge >= 0.3 is 13.8 Å². The standard InChI is InChI=1S/C15H17O6P/c16-15(20-8-3-9-22(17,18)19)21-11-12-6-7-13-4-1-2-5-14(13)10-12/h1-2,4-7,10H,3,8-9,11H2,(H2,17,18,19). The predicted octanol–water partition coefficient (Wildman–Crippen LogP) is 3.06. The fraction of sp³-hybridized carbons (Fsp3) is 0.267. The fourth-order valence-electron chi connectivity index (χ4n) is 1.94. The van der Waals surface area contributed by atoms with Gasteiger partial charge in [-0.15, -0.1) is 0 Å². The summed E-state index contributed by atoms with van der Waals surface area (Å²) >= 11 is 0. The first-order valence-corrected chi connectivity index (χ1v) is 8.56. The fourth-order valence-corrected chi connectivity index (χ4v) is 2.48. The van der Waals surface area contributed by atoms with Crippen LogP contribution in [0.15, 0.2) is 42.5 Å². The highest BCUT2D eigenvalue weighted by atomic mass is 31.2. The van der Waals surface area contributed by atoms with E-state index in [1.165, 1.54) is 0 Å². The largest absolute Gasteiger partial charge is 0.508 e. The zero-order chi connectivity index (χ0) is 16.0. The lowest BCUT2D eigenvalue weighted by molar-refractivity contribution is 0.0499. The molecular formula is C15H17O6P. The SMILES string of the molecule is O=C(OCCCP(=O)(O)O)OCc1ccc2ccccc2c1. The highest BCUT2D eigenvalue weighted by molar-refractivity contribution is 7.51. The summed E-state index contributed by atoms with van der Waals surface area (Å²) in [5.74, 6) is 0. The van der Waals surface area contributed by atoms with Crippen LogP contribution in [0, 0.1) is 0 Å². The minimum atomic E-state index is -4.04. The zero-order valence-corrected chi connectivity index (χ0v) is 12.7. The number of ether oxygens (including phenoxy) is 2. The van der Waals surface area contributed by atoms with Gasteiger partial charge in [0.25, 0.3) is 0 Å². The van der Waals surface area contributed by atoms with E-state index in [1.54, 1.807) is 0 Å². The predicted molar refractivity (Wildman–Crippen MR) is 81.6 cm³/mol. The zero-order valence-electron chi connectivity index (χ0n) is 11.8. The molecule has 7 heteroatoms. The number of hydrogen-bond acceptors (Lipinski definition) is 4. The quantitative estimate of drug-likeness (QED) is 0.482. The van der Waals surface area contributed by atoms with Crippen molar-refractivity contribution >= 4 is 24.5 Å². The Balaban J connectivity index is 1.76. The number of fused-ring (bicyclic) bond motifs is 1. The highest BCUT2D eigenvalue weighted by Gasteiger charge is 2.13. The molecule has 0 aliphatic heterocycles. The van der Waals surface area contributed by atoms with Gasteiger partial charge in [-0.1, -0.05) is 36.4 Å². The van der Waals surface area contributed by atoms with Gasteiger partial charge < -0.3 is 19.3 Å². The summed E-state index contributed by atoms with van der Waals surface area (Å²) in [7, 11) is -4.04. The van der Waals surface area contributed by atoms with Crippen LogP contribution in [0.25, 0.3) is 10.8 Å². The topological polar surface area (TPSA) is 93.1 Å². The van der Waals surface area contributed by atoms with Crippen molar-refractivity contribution in [1.82, 2.24) is 0 Å². The first-order valence-electron chi connectivity index (χ1n) is 6.76. The molecule has 0 saturated heterocycles. The summed E-state index contributed by atoms with van der Waals surface area (Å²) in [5, 5.41) is 2.16. The van der Waals surface area contributed by atoms with E-state index in [1.807, 2.05) is 42.5 Å². The monoisotopic (exact) mass is 324 g/mol. The summed E-state index contributed by atoms with van der Waals surface area (Å²) in [6, 6.07) is 13.6. The smallest absolute Gasteiger partial charge is 0.434 e. The molecule has 0 radical (unpaired) electrons. The van der Waals surface area contributed by atoms with Crippen LogP contribution >= 0.6 is 7.60 Å². The molecule has 118 valence electrons. The molecule has 0 amide bonds. The van der Waals surface area contributed by atoms with E-state index >= 15 is 0 Å². The van der Waals surface area contributed by atoms with E-state index in [9.17, 15) is 9.36 Å². The molecule has 0 fully saturated rings. The molecule has 2 N–H and O–H groups in total. The van der Waals surface area contributed by atoms with Crippen LogP contribution in [0.3, 0.4) is 0 Å². The summed E-state index contributed by atoms with van der Waals surface area (Å²) in [6.07, 6.45) is -1.07. The molecule has 0 aliphatic rings. The number of benzene rings is 2. The Bertz CT molecular complexity index is 693. The van der Waals surface area contributed by atoms with Crippen LogP contribution in [0.4, 0.5) is 4.79 Å². The number of hydrogen-bond donors (Lipinski definition) is 2. The molecule has 0 spiro atoms. The van der Waals surface area contributed by atoms with Gasteiger partial charge in [0.2, 0.25) is 0 Å². The molecule has 2 aromatic rings. The third kappa shape index (κ3) is 5.48. The van der Waals surface area contributed by atoms with Crippen molar-refractivity contribution in [2.24, 2.45) is 0 Å². The van der Waals surface area contributed by atoms with Crippen LogP contribution in [0.1, 0.15) is 12.0 Å². The summed E-state index contributed by atoms with van der Waals surface area (Å²) in [4.78, 5) is 28.7. The molecule has 2 aromatic carbocycles. The van der Waals surface area contributed by atoms with Crippen LogP contribution in [-0.2, 0) is 20.6 Å². The maximum absolute atomic E-state index is 11.4. The molecular weight excluding hydrogens is 307 g/mol. The van der Waals surface area contributed by atoms with Crippen molar-refractivity contribution in [2.75, 3.05) is 12.8 Å². The highest BCUT2D eigenvalue weighted by Crippen LogP contribution is 2.34. The molecule has 0 aromatic heterocycles. The van der Waals surface area contributed by atoms with E-state index in [0.717, 1.165) is 16.3 Å². The van der Waals surface area contributed by atoms with Gasteiger partial charge in [0.1, 0.15) is 6.61 Å². The average Bonchev–Trinajstić information content (AvgIpc) is 2.48. The van der Waals surface area contributed by atoms with Gasteiger partial charge in [0.05, 0.1) is 12.8 Å². The van der Waals surface area contributed by atoms with E-state index in [-0.39, 0.29) is 25.8 Å². The van der Waals surface area contributed by atoms with Crippen molar-refractivity contribution < 1.29 is 28.6 Å². The maximum atomic E-state index is 11.4. The Morgan fingerprint density at radius 3 is 2.50 bits per heavy atom. The molecule has 0 aliphatic carbocycles. The van der Waals surface area contributed by atoms with Crippen molar-refractivity contribution in [3.8, 4) is 0 Å². The molecule has 22 heavy (non-hydrogen) atoms. The van der Waals surface area contributed by atoms with Crippen LogP contribution in [-0.4, -0.2) is 28.7 Å². The molecule has 0 heterocycles. The summed E-state index contributed by atoms with van der Waals surface area (Å²) < 4.78 is 20.3. The van der Waals surface area contributed by atoms with Gasteiger partial charge in [-0.2, -0.15) is 0 Å². The van der Waals surface area contributed by atoms with Crippen molar-refractivity contribution in [3.05, 3.63) is 48.0 Å². The Hall–Kier alpha value is -1.88. The van der Waals surface area contributed by atoms with Crippen LogP contribution in [0.5, 0.6) is 0 Å². The average molecular weight is 324 g/mol. The van der Waals surface area contributed by atoms with Crippen LogP contribution in [0.2, 0.25) is 0 Å².